The fraction of sp³-hybridized carbons (Fsp3) is 0.541. The molecule has 1 aliphatic carbocycles. The summed E-state index contributed by atoms with van der Waals surface area (Å²) in [6, 6.07) is 6.87. The van der Waals surface area contributed by atoms with E-state index in [0.717, 1.165) is 72.2 Å². The minimum Gasteiger partial charge on any atom is -0.504 e. The number of hydrogen-bond acceptors (Lipinski definition) is 25. The topological polar surface area (TPSA) is 451 Å². The molecule has 33 heteroatoms. The maximum atomic E-state index is 14.7. The number of aromatic hydroxyl groups is 1. The first-order valence-corrected chi connectivity index (χ1v) is 32.5. The number of carbonyl (C=O) groups is 8. The number of aliphatic hydroxyl groups is 6. The molecule has 510 valence electrons. The number of β-amino-alcohol motifs (C(OH)–C–C–N with tert-alkyl or cyclic N) is 1. The zero-order valence-electron chi connectivity index (χ0n) is 51.8. The predicted octanol–water partition coefficient (Wildman–Crippen LogP) is -1.53. The van der Waals surface area contributed by atoms with Crippen LogP contribution in [0.25, 0.3) is 21.1 Å². The Hall–Kier alpha value is -7.67. The third kappa shape index (κ3) is 17.2. The molecule has 5 heterocycles. The number of aliphatic hydroxyl groups excluding tert-OH is 6. The molecular formula is C61H80N12O19S2. The zero-order chi connectivity index (χ0) is 67.7. The number of aromatic nitrogens is 2. The van der Waals surface area contributed by atoms with E-state index in [-0.39, 0.29) is 29.2 Å². The maximum Gasteiger partial charge on any atom is 0.261 e. The van der Waals surface area contributed by atoms with Gasteiger partial charge in [-0.15, -0.1) is 10.2 Å². The fourth-order valence-electron chi connectivity index (χ4n) is 12.6. The highest BCUT2D eigenvalue weighted by atomic mass is 32.2. The van der Waals surface area contributed by atoms with Crippen molar-refractivity contribution in [1.29, 1.82) is 0 Å². The number of piperazine rings is 1. The second-order valence-electron chi connectivity index (χ2n) is 24.7. The Kier molecular flexibility index (Phi) is 23.8. The highest BCUT2D eigenvalue weighted by molar-refractivity contribution is 7.90. The molecule has 5 fully saturated rings. The summed E-state index contributed by atoms with van der Waals surface area (Å²) >= 11 is 1.40. The largest absolute Gasteiger partial charge is 0.504 e. The van der Waals surface area contributed by atoms with Gasteiger partial charge >= 0.3 is 0 Å². The van der Waals surface area contributed by atoms with E-state index in [4.69, 9.17) is 15.2 Å². The van der Waals surface area contributed by atoms with Gasteiger partial charge in [0.25, 0.3) is 18.2 Å². The monoisotopic (exact) mass is 1350 g/mol. The van der Waals surface area contributed by atoms with Gasteiger partial charge in [-0.25, -0.2) is 5.26 Å². The van der Waals surface area contributed by atoms with Crippen LogP contribution in [0.3, 0.4) is 0 Å². The molecule has 4 saturated heterocycles. The molecule has 94 heavy (non-hydrogen) atoms. The number of fused-ring (bicyclic) bond motifs is 2. The van der Waals surface area contributed by atoms with Crippen molar-refractivity contribution in [3.63, 3.8) is 0 Å². The molecule has 1 saturated carbocycles. The van der Waals surface area contributed by atoms with E-state index in [9.17, 15) is 74.1 Å². The van der Waals surface area contributed by atoms with Crippen LogP contribution in [0.5, 0.6) is 11.5 Å². The highest BCUT2D eigenvalue weighted by Crippen LogP contribution is 2.35. The number of benzene rings is 3. The van der Waals surface area contributed by atoms with Gasteiger partial charge in [0.05, 0.1) is 43.0 Å². The van der Waals surface area contributed by atoms with Gasteiger partial charge in [0, 0.05) is 99.4 Å². The van der Waals surface area contributed by atoms with Gasteiger partial charge in [-0.05, 0) is 92.6 Å². The van der Waals surface area contributed by atoms with Crippen LogP contribution >= 0.6 is 23.7 Å². The molecule has 8 amide bonds. The number of amides is 8. The standard InChI is InChI=1S/C61H80N12O19S2/c1-30-4-13-37(14-5-30)70-18-20-71(21-19-70)38-15-11-36(12-16-38)59-69-68-58(93-59)35-9-7-34(8-10-35)53(82)64-41-24-39(75)27-63-57(86)51-52(81)31(2)28-73(51)61(88)50(45(79)26-47(62)80)67-56(85)49(44(78)22-33-6-17-43(77)46(23-33)90-94-92-91-89)66-55(84)42-25-40(76)29-72(42)60(87)48(32(3)74)65-54(41)83/h6-12,15-17,23,30-32,37,39-42,44-45,48-52,74-79,81,89H,4-5,13-14,18-22,24-29H2,1-3H3,(H2,62,80)(H,63,86)(H,64,82)(H,65,83)(H,66,84)(H,67,85)/t30?,31-,32+,37?,39+,40+,41-,42-,44+,45+,48-,49-,50-,51-,52-/m0/s1. The summed E-state index contributed by atoms with van der Waals surface area (Å²) in [5.74, 6) is -10.2. The molecule has 4 aliphatic heterocycles. The normalized spacial score (nSPS) is 28.2. The Balaban J connectivity index is 0.955. The first-order valence-electron chi connectivity index (χ1n) is 31.0. The number of primary amides is 1. The predicted molar refractivity (Wildman–Crippen MR) is 336 cm³/mol. The molecule has 0 spiro atoms. The number of carbonyl (C=O) groups excluding carboxylic acids is 8. The zero-order valence-corrected chi connectivity index (χ0v) is 53.4. The van der Waals surface area contributed by atoms with E-state index in [0.29, 0.717) is 21.6 Å². The lowest BCUT2D eigenvalue weighted by molar-refractivity contribution is -0.433. The Bertz CT molecular complexity index is 3340. The molecule has 5 aliphatic rings. The molecule has 3 aromatic carbocycles. The summed E-state index contributed by atoms with van der Waals surface area (Å²) < 4.78 is 9.32. The number of nitrogens with two attached hydrogens (primary N) is 1. The average molecular weight is 1350 g/mol. The summed E-state index contributed by atoms with van der Waals surface area (Å²) in [7, 11) is 0. The third-order valence-corrected chi connectivity index (χ3v) is 19.3. The Morgan fingerprint density at radius 3 is 2.01 bits per heavy atom. The average Bonchev–Trinajstić information content (AvgIpc) is 1.62. The van der Waals surface area contributed by atoms with Gasteiger partial charge in [-0.1, -0.05) is 52.8 Å². The van der Waals surface area contributed by atoms with Gasteiger partial charge in [0.15, 0.2) is 11.5 Å². The van der Waals surface area contributed by atoms with Crippen LogP contribution in [0.15, 0.2) is 66.7 Å². The van der Waals surface area contributed by atoms with Crippen molar-refractivity contribution < 1.29 is 92.9 Å². The molecule has 1 aromatic heterocycles. The van der Waals surface area contributed by atoms with Crippen molar-refractivity contribution in [1.82, 2.24) is 51.5 Å². The Labute approximate surface area is 548 Å². The molecule has 9 rings (SSSR count). The third-order valence-electron chi connectivity index (χ3n) is 17.9. The van der Waals surface area contributed by atoms with Crippen LogP contribution in [0.1, 0.15) is 81.6 Å². The smallest absolute Gasteiger partial charge is 0.261 e. The molecule has 0 radical (unpaired) electrons. The van der Waals surface area contributed by atoms with E-state index in [1.807, 2.05) is 12.1 Å². The lowest BCUT2D eigenvalue weighted by atomic mass is 9.86. The number of nitrogens with one attached hydrogen (secondary N) is 5. The van der Waals surface area contributed by atoms with E-state index in [1.165, 1.54) is 62.1 Å². The van der Waals surface area contributed by atoms with E-state index in [1.54, 1.807) is 12.1 Å². The Morgan fingerprint density at radius 1 is 0.745 bits per heavy atom. The van der Waals surface area contributed by atoms with Gasteiger partial charge in [0.1, 0.15) is 46.3 Å². The van der Waals surface area contributed by atoms with Crippen molar-refractivity contribution in [2.75, 3.05) is 50.7 Å². The quantitative estimate of drug-likeness (QED) is 0.0247. The number of hydrogen-bond donors (Lipinski definition) is 14. The van der Waals surface area contributed by atoms with Gasteiger partial charge in [-0.2, -0.15) is 0 Å². The number of phenolic OH excluding ortho intramolecular Hbond substituents is 1. The second-order valence-corrected chi connectivity index (χ2v) is 26.2. The van der Waals surface area contributed by atoms with E-state index >= 15 is 0 Å². The molecule has 31 nitrogen and oxygen atoms in total. The fourth-order valence-corrected chi connectivity index (χ4v) is 13.8. The van der Waals surface area contributed by atoms with Crippen molar-refractivity contribution in [3.05, 3.63) is 77.9 Å². The van der Waals surface area contributed by atoms with Crippen LogP contribution < -0.4 is 41.4 Å². The summed E-state index contributed by atoms with van der Waals surface area (Å²) in [6.45, 7) is 7.17. The number of rotatable bonds is 17. The van der Waals surface area contributed by atoms with Crippen LogP contribution in [0.4, 0.5) is 5.69 Å². The molecule has 13 atom stereocenters. The summed E-state index contributed by atoms with van der Waals surface area (Å²) in [6.07, 6.45) is -8.49. The number of nitrogens with zero attached hydrogens (tertiary/aromatic N) is 6. The van der Waals surface area contributed by atoms with Crippen LogP contribution in [-0.2, 0) is 49.4 Å². The van der Waals surface area contributed by atoms with Crippen molar-refractivity contribution >= 4 is 76.6 Å². The molecule has 0 bridgehead atoms. The van der Waals surface area contributed by atoms with Crippen LogP contribution in [0.2, 0.25) is 0 Å². The van der Waals surface area contributed by atoms with Crippen molar-refractivity contribution in [2.45, 2.75) is 151 Å². The first kappa shape index (κ1) is 70.6. The highest BCUT2D eigenvalue weighted by Gasteiger charge is 2.50. The lowest BCUT2D eigenvalue weighted by Gasteiger charge is -2.42. The minimum absolute atomic E-state index is 0.0184. The summed E-state index contributed by atoms with van der Waals surface area (Å²) in [5.41, 5.74) is 8.13. The Morgan fingerprint density at radius 2 is 1.37 bits per heavy atom. The van der Waals surface area contributed by atoms with Crippen molar-refractivity contribution in [2.24, 2.45) is 17.6 Å². The SMILES string of the molecule is CC1CCC(N2CCN(c3ccc(-c4nnc(-c5ccc(C(=O)N[C@H]6C[C@@H](O)CNC(=O)[C@@H]7[C@@H](O)[C@@H](C)CN7C(=O)[C@H]([C@H](O)CC(N)=O)NC(=O)[C@H]([C@H](O)Cc7ccc(O)c(OSOOO)c7)NC(=O)[C@@H]7C[C@@H](O)CN7C(=O)[C@H]([C@@H](C)O)NC6=O)cc5)s4)cc3)CC2)CC1. The van der Waals surface area contributed by atoms with Gasteiger partial charge in [0.2, 0.25) is 41.4 Å². The van der Waals surface area contributed by atoms with Gasteiger partial charge < -0.3 is 86.9 Å². The lowest BCUT2D eigenvalue weighted by Crippen LogP contribution is -2.64. The number of phenols is 1. The van der Waals surface area contributed by atoms with Crippen LogP contribution in [0, 0.1) is 11.8 Å². The molecular weight excluding hydrogens is 1270 g/mol. The summed E-state index contributed by atoms with van der Waals surface area (Å²) in [5, 5.41) is 113. The first-order chi connectivity index (χ1) is 44.9. The molecule has 0 unspecified atom stereocenters. The van der Waals surface area contributed by atoms with Crippen LogP contribution in [-0.4, -0.2) is 238 Å². The van der Waals surface area contributed by atoms with Crippen molar-refractivity contribution in [3.8, 4) is 32.6 Å². The maximum absolute atomic E-state index is 14.7. The van der Waals surface area contributed by atoms with E-state index < -0.39 is 177 Å². The minimum atomic E-state index is -2.22. The number of anilines is 1. The summed E-state index contributed by atoms with van der Waals surface area (Å²) in [4.78, 5) is 120. The van der Waals surface area contributed by atoms with E-state index in [2.05, 4.69) is 75.0 Å². The second kappa shape index (κ2) is 31.7. The molecule has 4 aromatic rings. The van der Waals surface area contributed by atoms with Gasteiger partial charge in [-0.3, -0.25) is 43.3 Å². The molecule has 15 N–H and O–H groups in total.